The lowest BCUT2D eigenvalue weighted by Crippen LogP contribution is -2.37. The molecule has 28 heavy (non-hydrogen) atoms. The topological polar surface area (TPSA) is 58.8 Å². The van der Waals surface area contributed by atoms with Crippen LogP contribution in [0.1, 0.15) is 16.9 Å². The maximum atomic E-state index is 5.89. The first-order valence-electron chi connectivity index (χ1n) is 9.06. The summed E-state index contributed by atoms with van der Waals surface area (Å²) >= 11 is 0. The predicted octanol–water partition coefficient (Wildman–Crippen LogP) is 4.38. The second kappa shape index (κ2) is 12.1. The SMILES string of the molecule is CN=C(NCCc1ccco1)NCc1cccc(OCc2ccccc2)c1.I. The van der Waals surface area contributed by atoms with Crippen LogP contribution in [-0.4, -0.2) is 19.6 Å². The largest absolute Gasteiger partial charge is 0.489 e. The molecule has 0 atom stereocenters. The van der Waals surface area contributed by atoms with Gasteiger partial charge < -0.3 is 19.8 Å². The van der Waals surface area contributed by atoms with Gasteiger partial charge in [-0.15, -0.1) is 24.0 Å². The van der Waals surface area contributed by atoms with Crippen LogP contribution >= 0.6 is 24.0 Å². The van der Waals surface area contributed by atoms with Crippen LogP contribution in [0.2, 0.25) is 0 Å². The van der Waals surface area contributed by atoms with Crippen LogP contribution in [0.4, 0.5) is 0 Å². The Balaban J connectivity index is 0.00000280. The quantitative estimate of drug-likeness (QED) is 0.279. The number of nitrogens with one attached hydrogen (secondary N) is 2. The smallest absolute Gasteiger partial charge is 0.191 e. The van der Waals surface area contributed by atoms with Crippen LogP contribution in [-0.2, 0) is 19.6 Å². The van der Waals surface area contributed by atoms with Crippen LogP contribution in [0.15, 0.2) is 82.4 Å². The average molecular weight is 491 g/mol. The number of hydrogen-bond donors (Lipinski definition) is 2. The molecule has 3 rings (SSSR count). The van der Waals surface area contributed by atoms with Gasteiger partial charge in [0.25, 0.3) is 0 Å². The molecule has 5 nitrogen and oxygen atoms in total. The lowest BCUT2D eigenvalue weighted by molar-refractivity contribution is 0.306. The van der Waals surface area contributed by atoms with Gasteiger partial charge in [0.05, 0.1) is 6.26 Å². The highest BCUT2D eigenvalue weighted by atomic mass is 127. The van der Waals surface area contributed by atoms with Gasteiger partial charge in [-0.3, -0.25) is 4.99 Å². The maximum absolute atomic E-state index is 5.89. The summed E-state index contributed by atoms with van der Waals surface area (Å²) in [6.45, 7) is 1.99. The maximum Gasteiger partial charge on any atom is 0.191 e. The van der Waals surface area contributed by atoms with Crippen molar-refractivity contribution in [1.29, 1.82) is 0 Å². The summed E-state index contributed by atoms with van der Waals surface area (Å²) in [5.41, 5.74) is 2.29. The van der Waals surface area contributed by atoms with E-state index in [4.69, 9.17) is 9.15 Å². The number of furan rings is 1. The zero-order chi connectivity index (χ0) is 18.7. The summed E-state index contributed by atoms with van der Waals surface area (Å²) in [5, 5.41) is 6.61. The Morgan fingerprint density at radius 1 is 0.964 bits per heavy atom. The summed E-state index contributed by atoms with van der Waals surface area (Å²) in [5.74, 6) is 2.58. The summed E-state index contributed by atoms with van der Waals surface area (Å²) in [6.07, 6.45) is 2.51. The summed E-state index contributed by atoms with van der Waals surface area (Å²) in [6, 6.07) is 22.1. The number of guanidine groups is 1. The third-order valence-corrected chi connectivity index (χ3v) is 4.07. The molecule has 0 bridgehead atoms. The molecule has 1 aromatic heterocycles. The molecule has 0 radical (unpaired) electrons. The molecule has 0 saturated carbocycles. The van der Waals surface area contributed by atoms with Gasteiger partial charge in [0.2, 0.25) is 0 Å². The third-order valence-electron chi connectivity index (χ3n) is 4.07. The molecule has 0 fully saturated rings. The second-order valence-corrected chi connectivity index (χ2v) is 6.10. The number of ether oxygens (including phenoxy) is 1. The fourth-order valence-corrected chi connectivity index (χ4v) is 2.65. The number of nitrogens with zero attached hydrogens (tertiary/aromatic N) is 1. The highest BCUT2D eigenvalue weighted by Gasteiger charge is 2.02. The highest BCUT2D eigenvalue weighted by molar-refractivity contribution is 14.0. The fourth-order valence-electron chi connectivity index (χ4n) is 2.65. The summed E-state index contributed by atoms with van der Waals surface area (Å²) < 4.78 is 11.2. The van der Waals surface area contributed by atoms with Gasteiger partial charge in [-0.1, -0.05) is 42.5 Å². The van der Waals surface area contributed by atoms with Crippen LogP contribution in [0, 0.1) is 0 Å². The van der Waals surface area contributed by atoms with E-state index in [1.807, 2.05) is 48.5 Å². The van der Waals surface area contributed by atoms with Gasteiger partial charge in [-0.2, -0.15) is 0 Å². The zero-order valence-corrected chi connectivity index (χ0v) is 18.3. The first-order chi connectivity index (χ1) is 13.3. The van der Waals surface area contributed by atoms with Crippen molar-refractivity contribution in [3.05, 3.63) is 89.9 Å². The minimum absolute atomic E-state index is 0. The molecule has 148 valence electrons. The first-order valence-corrected chi connectivity index (χ1v) is 9.06. The van der Waals surface area contributed by atoms with Crippen molar-refractivity contribution < 1.29 is 9.15 Å². The van der Waals surface area contributed by atoms with Crippen molar-refractivity contribution in [3.8, 4) is 5.75 Å². The fraction of sp³-hybridized carbons (Fsp3) is 0.227. The van der Waals surface area contributed by atoms with Gasteiger partial charge in [-0.25, -0.2) is 0 Å². The van der Waals surface area contributed by atoms with E-state index in [2.05, 4.69) is 33.8 Å². The molecule has 2 aromatic carbocycles. The molecule has 2 N–H and O–H groups in total. The lowest BCUT2D eigenvalue weighted by atomic mass is 10.2. The van der Waals surface area contributed by atoms with Crippen molar-refractivity contribution in [2.45, 2.75) is 19.6 Å². The lowest BCUT2D eigenvalue weighted by Gasteiger charge is -2.12. The molecule has 0 aliphatic carbocycles. The molecule has 0 unspecified atom stereocenters. The van der Waals surface area contributed by atoms with E-state index in [1.165, 1.54) is 0 Å². The van der Waals surface area contributed by atoms with Crippen molar-refractivity contribution in [2.75, 3.05) is 13.6 Å². The number of aliphatic imine (C=N–C) groups is 1. The third kappa shape index (κ3) is 7.26. The predicted molar refractivity (Wildman–Crippen MR) is 123 cm³/mol. The molecule has 1 heterocycles. The van der Waals surface area contributed by atoms with E-state index < -0.39 is 0 Å². The first kappa shape index (κ1) is 21.8. The Morgan fingerprint density at radius 2 is 1.79 bits per heavy atom. The molecule has 0 spiro atoms. The minimum atomic E-state index is 0. The monoisotopic (exact) mass is 491 g/mol. The normalized spacial score (nSPS) is 10.8. The average Bonchev–Trinajstić information content (AvgIpc) is 3.23. The van der Waals surface area contributed by atoms with E-state index in [1.54, 1.807) is 13.3 Å². The molecule has 0 aliphatic heterocycles. The van der Waals surface area contributed by atoms with Gasteiger partial charge in [-0.05, 0) is 35.4 Å². The molecule has 6 heteroatoms. The van der Waals surface area contributed by atoms with Gasteiger partial charge in [0.1, 0.15) is 18.1 Å². The molecule has 3 aromatic rings. The molecular formula is C22H26IN3O2. The van der Waals surface area contributed by atoms with Crippen LogP contribution in [0.3, 0.4) is 0 Å². The van der Waals surface area contributed by atoms with Crippen molar-refractivity contribution in [3.63, 3.8) is 0 Å². The van der Waals surface area contributed by atoms with E-state index in [-0.39, 0.29) is 24.0 Å². The van der Waals surface area contributed by atoms with E-state index in [9.17, 15) is 0 Å². The van der Waals surface area contributed by atoms with E-state index in [0.29, 0.717) is 13.2 Å². The van der Waals surface area contributed by atoms with Crippen molar-refractivity contribution >= 4 is 29.9 Å². The Morgan fingerprint density at radius 3 is 2.54 bits per heavy atom. The number of benzene rings is 2. The summed E-state index contributed by atoms with van der Waals surface area (Å²) in [7, 11) is 1.77. The summed E-state index contributed by atoms with van der Waals surface area (Å²) in [4.78, 5) is 4.25. The molecule has 0 amide bonds. The Labute approximate surface area is 183 Å². The van der Waals surface area contributed by atoms with E-state index in [0.717, 1.165) is 41.6 Å². The number of halogens is 1. The van der Waals surface area contributed by atoms with Gasteiger partial charge >= 0.3 is 0 Å². The van der Waals surface area contributed by atoms with E-state index >= 15 is 0 Å². The number of rotatable bonds is 8. The van der Waals surface area contributed by atoms with Gasteiger partial charge in [0, 0.05) is 26.6 Å². The zero-order valence-electron chi connectivity index (χ0n) is 15.9. The highest BCUT2D eigenvalue weighted by Crippen LogP contribution is 2.15. The van der Waals surface area contributed by atoms with Crippen molar-refractivity contribution in [2.24, 2.45) is 4.99 Å². The van der Waals surface area contributed by atoms with Gasteiger partial charge in [0.15, 0.2) is 5.96 Å². The number of hydrogen-bond acceptors (Lipinski definition) is 3. The Hall–Kier alpha value is -2.48. The Kier molecular flexibility index (Phi) is 9.41. The molecule has 0 saturated heterocycles. The van der Waals surface area contributed by atoms with Crippen molar-refractivity contribution in [1.82, 2.24) is 10.6 Å². The molecule has 0 aliphatic rings. The van der Waals surface area contributed by atoms with Crippen LogP contribution in [0.25, 0.3) is 0 Å². The van der Waals surface area contributed by atoms with Crippen LogP contribution in [0.5, 0.6) is 5.75 Å². The second-order valence-electron chi connectivity index (χ2n) is 6.10. The van der Waals surface area contributed by atoms with Crippen LogP contribution < -0.4 is 15.4 Å². The molecular weight excluding hydrogens is 465 g/mol. The minimum Gasteiger partial charge on any atom is -0.489 e. The standard InChI is InChI=1S/C22H25N3O2.HI/c1-23-22(24-13-12-20-11-6-14-26-20)25-16-19-9-5-10-21(15-19)27-17-18-7-3-2-4-8-18;/h2-11,14-15H,12-13,16-17H2,1H3,(H2,23,24,25);1H. The Bertz CT molecular complexity index is 836.